The number of nitrogens with two attached hydrogens (primary N) is 1. The molecule has 1 fully saturated rings. The fourth-order valence-electron chi connectivity index (χ4n) is 2.86. The van der Waals surface area contributed by atoms with Gasteiger partial charge in [-0.05, 0) is 50.2 Å². The third-order valence-electron chi connectivity index (χ3n) is 4.26. The smallest absolute Gasteiger partial charge is 0.132 e. The van der Waals surface area contributed by atoms with Crippen molar-refractivity contribution in [3.05, 3.63) is 23.9 Å². The predicted octanol–water partition coefficient (Wildman–Crippen LogP) is 2.99. The molecular weight excluding hydrogens is 234 g/mol. The minimum Gasteiger partial charge on any atom is -0.353 e. The molecule has 0 aliphatic carbocycles. The molecule has 106 valence electrons. The second kappa shape index (κ2) is 6.38. The molecule has 1 saturated heterocycles. The van der Waals surface area contributed by atoms with E-state index < -0.39 is 0 Å². The first-order chi connectivity index (χ1) is 9.11. The lowest BCUT2D eigenvalue weighted by atomic mass is 9.94. The van der Waals surface area contributed by atoms with Gasteiger partial charge in [0, 0.05) is 24.8 Å². The molecule has 0 radical (unpaired) electrons. The van der Waals surface area contributed by atoms with E-state index in [0.717, 1.165) is 31.1 Å². The molecule has 2 rings (SSSR count). The first-order valence-corrected chi connectivity index (χ1v) is 7.58. The maximum atomic E-state index is 6.12. The highest BCUT2D eigenvalue weighted by molar-refractivity contribution is 5.48. The molecule has 0 bridgehead atoms. The van der Waals surface area contributed by atoms with E-state index in [0.29, 0.717) is 6.04 Å². The molecular formula is C16H27N3. The number of pyridine rings is 1. The number of hydrogen-bond acceptors (Lipinski definition) is 3. The standard InChI is InChI=1S/C16H27N3/c1-4-15(17)10-14-6-5-9-18-16(14)19-11-12(2)7-8-13(19)3/h5-6,9,12-13,15H,4,7-8,10-11,17H2,1-3H3. The van der Waals surface area contributed by atoms with Crippen LogP contribution in [0.15, 0.2) is 18.3 Å². The highest BCUT2D eigenvalue weighted by atomic mass is 15.2. The molecule has 2 heterocycles. The zero-order chi connectivity index (χ0) is 13.8. The van der Waals surface area contributed by atoms with Gasteiger partial charge in [0.15, 0.2) is 0 Å². The Morgan fingerprint density at radius 2 is 2.21 bits per heavy atom. The zero-order valence-electron chi connectivity index (χ0n) is 12.5. The average Bonchev–Trinajstić information content (AvgIpc) is 2.42. The lowest BCUT2D eigenvalue weighted by Crippen LogP contribution is -2.42. The van der Waals surface area contributed by atoms with Crippen molar-refractivity contribution in [2.24, 2.45) is 11.7 Å². The molecule has 3 nitrogen and oxygen atoms in total. The normalized spacial score (nSPS) is 25.4. The maximum Gasteiger partial charge on any atom is 0.132 e. The zero-order valence-corrected chi connectivity index (χ0v) is 12.5. The molecule has 1 aromatic heterocycles. The van der Waals surface area contributed by atoms with Crippen LogP contribution in [0, 0.1) is 5.92 Å². The lowest BCUT2D eigenvalue weighted by Gasteiger charge is -2.38. The van der Waals surface area contributed by atoms with Crippen molar-refractivity contribution in [2.45, 2.75) is 58.5 Å². The van der Waals surface area contributed by atoms with Crippen molar-refractivity contribution >= 4 is 5.82 Å². The fraction of sp³-hybridized carbons (Fsp3) is 0.688. The van der Waals surface area contributed by atoms with Crippen LogP contribution in [0.25, 0.3) is 0 Å². The lowest BCUT2D eigenvalue weighted by molar-refractivity contribution is 0.387. The summed E-state index contributed by atoms with van der Waals surface area (Å²) in [4.78, 5) is 7.12. The number of aromatic nitrogens is 1. The van der Waals surface area contributed by atoms with Crippen LogP contribution in [0.5, 0.6) is 0 Å². The fourth-order valence-corrected chi connectivity index (χ4v) is 2.86. The minimum absolute atomic E-state index is 0.237. The monoisotopic (exact) mass is 261 g/mol. The number of hydrogen-bond donors (Lipinski definition) is 1. The quantitative estimate of drug-likeness (QED) is 0.906. The van der Waals surface area contributed by atoms with Crippen molar-refractivity contribution in [1.82, 2.24) is 4.98 Å². The first kappa shape index (κ1) is 14.3. The molecule has 3 atom stereocenters. The van der Waals surface area contributed by atoms with Gasteiger partial charge in [0.25, 0.3) is 0 Å². The highest BCUT2D eigenvalue weighted by Crippen LogP contribution is 2.28. The van der Waals surface area contributed by atoms with E-state index in [1.807, 2.05) is 12.3 Å². The van der Waals surface area contributed by atoms with E-state index >= 15 is 0 Å². The number of anilines is 1. The summed E-state index contributed by atoms with van der Waals surface area (Å²) < 4.78 is 0. The Kier molecular flexibility index (Phi) is 4.81. The second-order valence-electron chi connectivity index (χ2n) is 6.04. The van der Waals surface area contributed by atoms with Gasteiger partial charge in [-0.1, -0.05) is 19.9 Å². The van der Waals surface area contributed by atoms with Crippen LogP contribution in [-0.2, 0) is 6.42 Å². The van der Waals surface area contributed by atoms with Crippen molar-refractivity contribution in [3.8, 4) is 0 Å². The summed E-state index contributed by atoms with van der Waals surface area (Å²) in [5.74, 6) is 1.91. The van der Waals surface area contributed by atoms with Gasteiger partial charge in [0.2, 0.25) is 0 Å². The van der Waals surface area contributed by atoms with E-state index in [1.54, 1.807) is 0 Å². The molecule has 0 amide bonds. The van der Waals surface area contributed by atoms with Gasteiger partial charge in [-0.3, -0.25) is 0 Å². The van der Waals surface area contributed by atoms with E-state index in [4.69, 9.17) is 5.73 Å². The van der Waals surface area contributed by atoms with Crippen LogP contribution in [0.2, 0.25) is 0 Å². The van der Waals surface area contributed by atoms with Gasteiger partial charge in [-0.15, -0.1) is 0 Å². The molecule has 1 aliphatic heterocycles. The summed E-state index contributed by atoms with van der Waals surface area (Å²) in [6.07, 6.45) is 6.44. The van der Waals surface area contributed by atoms with Gasteiger partial charge in [-0.25, -0.2) is 4.98 Å². The Balaban J connectivity index is 2.22. The van der Waals surface area contributed by atoms with Gasteiger partial charge in [0.05, 0.1) is 0 Å². The van der Waals surface area contributed by atoms with Crippen molar-refractivity contribution in [2.75, 3.05) is 11.4 Å². The molecule has 1 aliphatic rings. The van der Waals surface area contributed by atoms with Crippen molar-refractivity contribution < 1.29 is 0 Å². The Labute approximate surface area is 117 Å². The molecule has 3 unspecified atom stereocenters. The summed E-state index contributed by atoms with van der Waals surface area (Å²) in [7, 11) is 0. The van der Waals surface area contributed by atoms with E-state index in [1.165, 1.54) is 18.4 Å². The van der Waals surface area contributed by atoms with Crippen LogP contribution in [0.4, 0.5) is 5.82 Å². The molecule has 2 N–H and O–H groups in total. The topological polar surface area (TPSA) is 42.1 Å². The van der Waals surface area contributed by atoms with Crippen LogP contribution >= 0.6 is 0 Å². The Hall–Kier alpha value is -1.09. The van der Waals surface area contributed by atoms with Crippen LogP contribution < -0.4 is 10.6 Å². The Morgan fingerprint density at radius 3 is 2.95 bits per heavy atom. The van der Waals surface area contributed by atoms with E-state index in [2.05, 4.69) is 36.7 Å². The van der Waals surface area contributed by atoms with E-state index in [9.17, 15) is 0 Å². The average molecular weight is 261 g/mol. The summed E-state index contributed by atoms with van der Waals surface area (Å²) in [6.45, 7) is 7.90. The third kappa shape index (κ3) is 3.47. The van der Waals surface area contributed by atoms with E-state index in [-0.39, 0.29) is 6.04 Å². The number of rotatable bonds is 4. The number of piperidine rings is 1. The number of nitrogens with zero attached hydrogens (tertiary/aromatic N) is 2. The SMILES string of the molecule is CCC(N)Cc1cccnc1N1CC(C)CCC1C. The van der Waals surface area contributed by atoms with Crippen LogP contribution in [-0.4, -0.2) is 23.6 Å². The Morgan fingerprint density at radius 1 is 1.42 bits per heavy atom. The molecule has 1 aromatic rings. The molecule has 0 aromatic carbocycles. The summed E-state index contributed by atoms with van der Waals surface area (Å²) in [5.41, 5.74) is 7.42. The molecule has 3 heteroatoms. The van der Waals surface area contributed by atoms with Crippen LogP contribution in [0.1, 0.15) is 45.6 Å². The highest BCUT2D eigenvalue weighted by Gasteiger charge is 2.25. The first-order valence-electron chi connectivity index (χ1n) is 7.58. The molecule has 19 heavy (non-hydrogen) atoms. The van der Waals surface area contributed by atoms with Gasteiger partial charge in [-0.2, -0.15) is 0 Å². The summed E-state index contributed by atoms with van der Waals surface area (Å²) in [6, 6.07) is 5.03. The third-order valence-corrected chi connectivity index (χ3v) is 4.26. The minimum atomic E-state index is 0.237. The van der Waals surface area contributed by atoms with Crippen molar-refractivity contribution in [3.63, 3.8) is 0 Å². The summed E-state index contributed by atoms with van der Waals surface area (Å²) >= 11 is 0. The van der Waals surface area contributed by atoms with Gasteiger partial charge >= 0.3 is 0 Å². The second-order valence-corrected chi connectivity index (χ2v) is 6.04. The van der Waals surface area contributed by atoms with Gasteiger partial charge < -0.3 is 10.6 Å². The van der Waals surface area contributed by atoms with Gasteiger partial charge in [0.1, 0.15) is 5.82 Å². The maximum absolute atomic E-state index is 6.12. The Bertz CT molecular complexity index is 405. The predicted molar refractivity (Wildman–Crippen MR) is 81.4 cm³/mol. The molecule has 0 saturated carbocycles. The summed E-state index contributed by atoms with van der Waals surface area (Å²) in [5, 5.41) is 0. The molecule has 0 spiro atoms. The van der Waals surface area contributed by atoms with Crippen LogP contribution in [0.3, 0.4) is 0 Å². The van der Waals surface area contributed by atoms with Crippen molar-refractivity contribution in [1.29, 1.82) is 0 Å². The largest absolute Gasteiger partial charge is 0.353 e.